The summed E-state index contributed by atoms with van der Waals surface area (Å²) in [5.74, 6) is -1.36. The van der Waals surface area contributed by atoms with Crippen molar-refractivity contribution in [2.75, 3.05) is 0 Å². The van der Waals surface area contributed by atoms with Crippen LogP contribution in [0.15, 0.2) is 16.6 Å². The van der Waals surface area contributed by atoms with Crippen LogP contribution >= 0.6 is 15.9 Å². The summed E-state index contributed by atoms with van der Waals surface area (Å²) >= 11 is 2.88. The van der Waals surface area contributed by atoms with Crippen LogP contribution in [-0.4, -0.2) is 11.1 Å². The molecule has 1 aromatic carbocycles. The first kappa shape index (κ1) is 11.6. The van der Waals surface area contributed by atoms with E-state index < -0.39 is 18.0 Å². The van der Waals surface area contributed by atoms with Gasteiger partial charge >= 0.3 is 5.97 Å². The molecule has 0 aromatic heterocycles. The lowest BCUT2D eigenvalue weighted by Crippen LogP contribution is -2.01. The lowest BCUT2D eigenvalue weighted by molar-refractivity contribution is 0.0695. The molecule has 0 saturated carbocycles. The normalized spacial score (nSPS) is 10.1. The maximum atomic E-state index is 12.3. The highest BCUT2D eigenvalue weighted by Gasteiger charge is 2.17. The van der Waals surface area contributed by atoms with Crippen molar-refractivity contribution in [3.63, 3.8) is 0 Å². The van der Waals surface area contributed by atoms with Crippen molar-refractivity contribution in [2.45, 2.75) is 6.43 Å². The van der Waals surface area contributed by atoms with Gasteiger partial charge < -0.3 is 5.11 Å². The number of nitriles is 1. The fraction of sp³-hybridized carbons (Fsp3) is 0.111. The molecule has 0 saturated heterocycles. The van der Waals surface area contributed by atoms with Gasteiger partial charge in [-0.25, -0.2) is 13.6 Å². The maximum absolute atomic E-state index is 12.3. The van der Waals surface area contributed by atoms with Gasteiger partial charge in [0, 0.05) is 10.0 Å². The number of hydrogen-bond donors (Lipinski definition) is 1. The van der Waals surface area contributed by atoms with Crippen molar-refractivity contribution in [1.82, 2.24) is 0 Å². The molecule has 1 N–H and O–H groups in total. The minimum atomic E-state index is -2.80. The fourth-order valence-electron chi connectivity index (χ4n) is 1.01. The molecule has 0 atom stereocenters. The monoisotopic (exact) mass is 275 g/mol. The summed E-state index contributed by atoms with van der Waals surface area (Å²) in [5, 5.41) is 17.3. The van der Waals surface area contributed by atoms with Crippen molar-refractivity contribution in [3.8, 4) is 6.07 Å². The lowest BCUT2D eigenvalue weighted by atomic mass is 10.1. The van der Waals surface area contributed by atoms with Crippen LogP contribution in [0.1, 0.15) is 27.9 Å². The highest BCUT2D eigenvalue weighted by Crippen LogP contribution is 2.28. The van der Waals surface area contributed by atoms with E-state index >= 15 is 0 Å². The van der Waals surface area contributed by atoms with Crippen LogP contribution in [0.3, 0.4) is 0 Å². The second kappa shape index (κ2) is 4.36. The van der Waals surface area contributed by atoms with Crippen molar-refractivity contribution in [1.29, 1.82) is 5.26 Å². The Balaban J connectivity index is 3.47. The molecule has 1 aromatic rings. The zero-order chi connectivity index (χ0) is 11.6. The molecule has 0 radical (unpaired) electrons. The SMILES string of the molecule is N#Cc1cc(C(F)F)cc(C(=O)O)c1Br. The van der Waals surface area contributed by atoms with Gasteiger partial charge in [-0.3, -0.25) is 0 Å². The average Bonchev–Trinajstić information content (AvgIpc) is 2.17. The summed E-state index contributed by atoms with van der Waals surface area (Å²) in [6.07, 6.45) is -2.80. The molecule has 0 unspecified atom stereocenters. The fourth-order valence-corrected chi connectivity index (χ4v) is 1.50. The van der Waals surface area contributed by atoms with Crippen molar-refractivity contribution < 1.29 is 18.7 Å². The highest BCUT2D eigenvalue weighted by molar-refractivity contribution is 9.10. The highest BCUT2D eigenvalue weighted by atomic mass is 79.9. The van der Waals surface area contributed by atoms with E-state index in [0.29, 0.717) is 0 Å². The summed E-state index contributed by atoms with van der Waals surface area (Å²) in [6.45, 7) is 0. The molecule has 78 valence electrons. The summed E-state index contributed by atoms with van der Waals surface area (Å²) in [7, 11) is 0. The molecular formula is C9H4BrF2NO2. The van der Waals surface area contributed by atoms with Gasteiger partial charge in [0.25, 0.3) is 6.43 Å². The smallest absolute Gasteiger partial charge is 0.336 e. The van der Waals surface area contributed by atoms with Gasteiger partial charge in [0.05, 0.1) is 11.1 Å². The van der Waals surface area contributed by atoms with Crippen LogP contribution in [0.25, 0.3) is 0 Å². The van der Waals surface area contributed by atoms with Crippen molar-refractivity contribution in [3.05, 3.63) is 33.3 Å². The van der Waals surface area contributed by atoms with Crippen LogP contribution in [-0.2, 0) is 0 Å². The molecule has 0 spiro atoms. The Morgan fingerprint density at radius 2 is 2.13 bits per heavy atom. The van der Waals surface area contributed by atoms with E-state index in [4.69, 9.17) is 10.4 Å². The Bertz CT molecular complexity index is 454. The number of halogens is 3. The molecule has 0 bridgehead atoms. The topological polar surface area (TPSA) is 61.1 Å². The average molecular weight is 276 g/mol. The van der Waals surface area contributed by atoms with Crippen LogP contribution in [0.5, 0.6) is 0 Å². The summed E-state index contributed by atoms with van der Waals surface area (Å²) in [6, 6.07) is 3.45. The number of rotatable bonds is 2. The van der Waals surface area contributed by atoms with E-state index in [1.54, 1.807) is 6.07 Å². The molecule has 0 aliphatic carbocycles. The Morgan fingerprint density at radius 3 is 2.53 bits per heavy atom. The predicted molar refractivity (Wildman–Crippen MR) is 50.8 cm³/mol. The van der Waals surface area contributed by atoms with E-state index in [1.165, 1.54) is 0 Å². The molecule has 6 heteroatoms. The summed E-state index contributed by atoms with van der Waals surface area (Å²) in [5.41, 5.74) is -0.943. The first-order valence-corrected chi connectivity index (χ1v) is 4.51. The number of hydrogen-bond acceptors (Lipinski definition) is 2. The molecule has 0 amide bonds. The molecule has 3 nitrogen and oxygen atoms in total. The summed E-state index contributed by atoms with van der Waals surface area (Å²) < 4.78 is 24.7. The van der Waals surface area contributed by atoms with Gasteiger partial charge in [-0.05, 0) is 28.1 Å². The standard InChI is InChI=1S/C9H4BrF2NO2/c10-7-5(3-13)1-4(8(11)12)2-6(7)9(14)15/h1-2,8H,(H,14,15). The minimum Gasteiger partial charge on any atom is -0.478 e. The third-order valence-electron chi connectivity index (χ3n) is 1.70. The van der Waals surface area contributed by atoms with Gasteiger partial charge in [-0.15, -0.1) is 0 Å². The van der Waals surface area contributed by atoms with E-state index in [9.17, 15) is 13.6 Å². The van der Waals surface area contributed by atoms with Crippen molar-refractivity contribution in [2.24, 2.45) is 0 Å². The Labute approximate surface area is 92.1 Å². The van der Waals surface area contributed by atoms with Gasteiger partial charge in [-0.1, -0.05) is 0 Å². The number of alkyl halides is 2. The number of carboxylic acids is 1. The quantitative estimate of drug-likeness (QED) is 0.903. The van der Waals surface area contributed by atoms with E-state index in [2.05, 4.69) is 15.9 Å². The zero-order valence-electron chi connectivity index (χ0n) is 7.17. The molecule has 0 fully saturated rings. The van der Waals surface area contributed by atoms with Crippen LogP contribution in [0, 0.1) is 11.3 Å². The van der Waals surface area contributed by atoms with Gasteiger partial charge in [0.1, 0.15) is 6.07 Å². The largest absolute Gasteiger partial charge is 0.478 e. The van der Waals surface area contributed by atoms with Gasteiger partial charge in [0.2, 0.25) is 0 Å². The first-order valence-electron chi connectivity index (χ1n) is 3.72. The Morgan fingerprint density at radius 1 is 1.53 bits per heavy atom. The number of carbonyl (C=O) groups is 1. The number of nitrogens with zero attached hydrogens (tertiary/aromatic N) is 1. The maximum Gasteiger partial charge on any atom is 0.336 e. The molecule has 0 aliphatic rings. The summed E-state index contributed by atoms with van der Waals surface area (Å²) in [4.78, 5) is 10.7. The first-order chi connectivity index (χ1) is 6.97. The van der Waals surface area contributed by atoms with Gasteiger partial charge in [0.15, 0.2) is 0 Å². The zero-order valence-corrected chi connectivity index (χ0v) is 8.75. The van der Waals surface area contributed by atoms with Crippen LogP contribution in [0.2, 0.25) is 0 Å². The lowest BCUT2D eigenvalue weighted by Gasteiger charge is -2.05. The number of carboxylic acid groups (broad SMARTS) is 1. The van der Waals surface area contributed by atoms with Crippen molar-refractivity contribution >= 4 is 21.9 Å². The van der Waals surface area contributed by atoms with Crippen LogP contribution in [0.4, 0.5) is 8.78 Å². The van der Waals surface area contributed by atoms with E-state index in [1.807, 2.05) is 0 Å². The van der Waals surface area contributed by atoms with Gasteiger partial charge in [-0.2, -0.15) is 5.26 Å². The van der Waals surface area contributed by atoms with E-state index in [0.717, 1.165) is 12.1 Å². The van der Waals surface area contributed by atoms with Crippen LogP contribution < -0.4 is 0 Å². The second-order valence-electron chi connectivity index (χ2n) is 2.65. The molecule has 1 rings (SSSR count). The third-order valence-corrected chi connectivity index (χ3v) is 2.55. The van der Waals surface area contributed by atoms with E-state index in [-0.39, 0.29) is 15.6 Å². The number of aromatic carboxylic acids is 1. The third kappa shape index (κ3) is 2.30. The second-order valence-corrected chi connectivity index (χ2v) is 3.44. The minimum absolute atomic E-state index is 0.0156. The predicted octanol–water partition coefficient (Wildman–Crippen LogP) is 2.96. The molecule has 15 heavy (non-hydrogen) atoms. The molecule has 0 heterocycles. The Hall–Kier alpha value is -1.48. The Kier molecular flexibility index (Phi) is 3.37. The molecular weight excluding hydrogens is 272 g/mol. The molecule has 0 aliphatic heterocycles. The number of benzene rings is 1.